The number of fused-ring (bicyclic) bond motifs is 3. The van der Waals surface area contributed by atoms with Crippen molar-refractivity contribution in [3.05, 3.63) is 71.0 Å². The van der Waals surface area contributed by atoms with Crippen LogP contribution in [0.15, 0.2) is 48.5 Å². The summed E-state index contributed by atoms with van der Waals surface area (Å²) in [5, 5.41) is 21.1. The van der Waals surface area contributed by atoms with Gasteiger partial charge in [-0.05, 0) is 66.5 Å². The number of aromatic hydroxyl groups is 1. The van der Waals surface area contributed by atoms with Gasteiger partial charge in [-0.2, -0.15) is 9.97 Å². The fourth-order valence-electron chi connectivity index (χ4n) is 7.38. The van der Waals surface area contributed by atoms with E-state index in [2.05, 4.69) is 11.0 Å². The van der Waals surface area contributed by atoms with Gasteiger partial charge in [0, 0.05) is 42.9 Å². The van der Waals surface area contributed by atoms with Crippen LogP contribution in [-0.2, 0) is 11.3 Å². The Kier molecular flexibility index (Phi) is 7.51. The summed E-state index contributed by atoms with van der Waals surface area (Å²) in [6.07, 6.45) is 3.07. The van der Waals surface area contributed by atoms with Crippen molar-refractivity contribution in [3.63, 3.8) is 0 Å². The van der Waals surface area contributed by atoms with Crippen LogP contribution >= 0.6 is 0 Å². The molecule has 3 saturated heterocycles. The number of rotatable bonds is 8. The fourth-order valence-corrected chi connectivity index (χ4v) is 7.38. The van der Waals surface area contributed by atoms with Crippen LogP contribution in [0.1, 0.15) is 54.7 Å². The maximum atomic E-state index is 15.2. The third-order valence-electron chi connectivity index (χ3n) is 9.98. The number of phenolic OH excluding ortho intramolecular Hbond substituents is 1. The molecule has 8 rings (SSSR count). The lowest BCUT2D eigenvalue weighted by atomic mass is 9.90. The minimum Gasteiger partial charge on any atom is -0.508 e. The Balaban J connectivity index is 1.35. The lowest BCUT2D eigenvalue weighted by Gasteiger charge is -2.34. The lowest BCUT2D eigenvalue weighted by Crippen LogP contribution is -2.48. The molecule has 4 fully saturated rings. The van der Waals surface area contributed by atoms with Crippen molar-refractivity contribution >= 4 is 22.8 Å². The summed E-state index contributed by atoms with van der Waals surface area (Å²) in [5.41, 5.74) is 4.16. The molecular formula is C36H37FN4O6. The number of phenols is 1. The van der Waals surface area contributed by atoms with Crippen LogP contribution in [0.25, 0.3) is 22.0 Å². The van der Waals surface area contributed by atoms with Gasteiger partial charge in [0.2, 0.25) is 0 Å². The normalized spacial score (nSPS) is 21.1. The van der Waals surface area contributed by atoms with Gasteiger partial charge in [-0.15, -0.1) is 0 Å². The second-order valence-electron chi connectivity index (χ2n) is 13.1. The third kappa shape index (κ3) is 5.56. The molecule has 0 radical (unpaired) electrons. The van der Waals surface area contributed by atoms with Crippen molar-refractivity contribution in [2.75, 3.05) is 31.2 Å². The van der Waals surface area contributed by atoms with E-state index in [9.17, 15) is 15.0 Å². The van der Waals surface area contributed by atoms with Gasteiger partial charge in [-0.1, -0.05) is 30.3 Å². The van der Waals surface area contributed by atoms with Crippen molar-refractivity contribution in [2.24, 2.45) is 0 Å². The number of piperazine rings is 1. The molecule has 2 unspecified atom stereocenters. The predicted octanol–water partition coefficient (Wildman–Crippen LogP) is 6.41. The first-order valence-corrected chi connectivity index (χ1v) is 16.4. The van der Waals surface area contributed by atoms with E-state index in [1.54, 1.807) is 13.0 Å². The highest BCUT2D eigenvalue weighted by Gasteiger charge is 2.47. The quantitative estimate of drug-likeness (QED) is 0.225. The molecule has 3 aromatic carbocycles. The zero-order valence-electron chi connectivity index (χ0n) is 26.2. The molecule has 1 saturated carbocycles. The van der Waals surface area contributed by atoms with Gasteiger partial charge < -0.3 is 34.2 Å². The van der Waals surface area contributed by atoms with Gasteiger partial charge >= 0.3 is 12.1 Å². The molecule has 10 nitrogen and oxygen atoms in total. The summed E-state index contributed by atoms with van der Waals surface area (Å²) >= 11 is 0. The molecule has 3 aliphatic heterocycles. The number of aromatic nitrogens is 2. The van der Waals surface area contributed by atoms with E-state index in [-0.39, 0.29) is 42.5 Å². The zero-order valence-corrected chi connectivity index (χ0v) is 26.2. The molecule has 0 spiro atoms. The van der Waals surface area contributed by atoms with E-state index in [4.69, 9.17) is 24.2 Å². The number of benzene rings is 3. The van der Waals surface area contributed by atoms with E-state index in [0.717, 1.165) is 41.8 Å². The Bertz CT molecular complexity index is 1850. The third-order valence-corrected chi connectivity index (χ3v) is 9.98. The van der Waals surface area contributed by atoms with Crippen LogP contribution in [0.4, 0.5) is 15.0 Å². The molecule has 4 aliphatic rings. The summed E-state index contributed by atoms with van der Waals surface area (Å²) in [6, 6.07) is 14.7. The molecule has 2 N–H and O–H groups in total. The minimum atomic E-state index is -0.904. The molecule has 244 valence electrons. The minimum absolute atomic E-state index is 0.0368. The van der Waals surface area contributed by atoms with Gasteiger partial charge in [-0.3, -0.25) is 0 Å². The number of ether oxygens (including phenoxy) is 3. The van der Waals surface area contributed by atoms with Gasteiger partial charge in [-0.25, -0.2) is 9.18 Å². The Morgan fingerprint density at radius 2 is 1.83 bits per heavy atom. The van der Waals surface area contributed by atoms with Gasteiger partial charge in [0.1, 0.15) is 35.6 Å². The molecular weight excluding hydrogens is 603 g/mol. The standard InChI is InChI=1S/C36H37FN4O6/c1-20-27(14-25(42)15-30(20)37)31-28(22-7-8-22)16-29-32(33(31)46-19-21-5-3-2-4-6-21)38-35(47-26-9-11-45-12-10-26)39-34(29)40-17-24-13-23(40)18-41(24)36(43)44/h2-6,14-16,22-24,26,42H,7-13,17-19H2,1H3,(H,43,44). The second-order valence-corrected chi connectivity index (χ2v) is 13.1. The Morgan fingerprint density at radius 3 is 2.53 bits per heavy atom. The van der Waals surface area contributed by atoms with E-state index < -0.39 is 11.9 Å². The molecule has 4 heterocycles. The molecule has 11 heteroatoms. The zero-order chi connectivity index (χ0) is 32.2. The molecule has 2 atom stereocenters. The summed E-state index contributed by atoms with van der Waals surface area (Å²) in [7, 11) is 0. The summed E-state index contributed by atoms with van der Waals surface area (Å²) in [4.78, 5) is 25.7. The number of halogens is 1. The van der Waals surface area contributed by atoms with Crippen LogP contribution < -0.4 is 14.4 Å². The molecule has 1 aromatic heterocycles. The van der Waals surface area contributed by atoms with Gasteiger partial charge in [0.15, 0.2) is 5.75 Å². The Hall–Kier alpha value is -4.64. The number of amides is 1. The van der Waals surface area contributed by atoms with E-state index in [1.165, 1.54) is 4.90 Å². The van der Waals surface area contributed by atoms with E-state index in [0.29, 0.717) is 72.9 Å². The number of anilines is 1. The molecule has 1 aliphatic carbocycles. The molecule has 2 bridgehead atoms. The highest BCUT2D eigenvalue weighted by molar-refractivity contribution is 6.01. The number of hydrogen-bond donors (Lipinski definition) is 2. The summed E-state index contributed by atoms with van der Waals surface area (Å²) in [6.45, 7) is 4.05. The topological polar surface area (TPSA) is 117 Å². The summed E-state index contributed by atoms with van der Waals surface area (Å²) < 4.78 is 34.0. The highest BCUT2D eigenvalue weighted by atomic mass is 19.1. The highest BCUT2D eigenvalue weighted by Crippen LogP contribution is 2.53. The van der Waals surface area contributed by atoms with E-state index >= 15 is 4.39 Å². The van der Waals surface area contributed by atoms with Gasteiger partial charge in [0.05, 0.1) is 25.3 Å². The Labute approximate surface area is 271 Å². The van der Waals surface area contributed by atoms with Crippen molar-refractivity contribution in [2.45, 2.75) is 69.7 Å². The number of hydrogen-bond acceptors (Lipinski definition) is 8. The average molecular weight is 641 g/mol. The lowest BCUT2D eigenvalue weighted by molar-refractivity contribution is 0.0219. The summed E-state index contributed by atoms with van der Waals surface area (Å²) in [5.74, 6) is 0.729. The van der Waals surface area contributed by atoms with Crippen LogP contribution in [0.5, 0.6) is 17.5 Å². The van der Waals surface area contributed by atoms with Crippen LogP contribution in [-0.4, -0.2) is 75.7 Å². The maximum absolute atomic E-state index is 15.2. The Morgan fingerprint density at radius 1 is 1.04 bits per heavy atom. The first-order valence-electron chi connectivity index (χ1n) is 16.4. The van der Waals surface area contributed by atoms with Gasteiger partial charge in [0.25, 0.3) is 0 Å². The molecule has 47 heavy (non-hydrogen) atoms. The van der Waals surface area contributed by atoms with Crippen LogP contribution in [0.3, 0.4) is 0 Å². The monoisotopic (exact) mass is 640 g/mol. The first-order chi connectivity index (χ1) is 22.8. The number of nitrogens with zero attached hydrogens (tertiary/aromatic N) is 4. The number of carboxylic acid groups (broad SMARTS) is 1. The van der Waals surface area contributed by atoms with Crippen molar-refractivity contribution in [1.29, 1.82) is 0 Å². The predicted molar refractivity (Wildman–Crippen MR) is 173 cm³/mol. The van der Waals surface area contributed by atoms with E-state index in [1.807, 2.05) is 30.3 Å². The number of carbonyl (C=O) groups is 1. The number of likely N-dealkylation sites (tertiary alicyclic amines) is 1. The maximum Gasteiger partial charge on any atom is 0.407 e. The smallest absolute Gasteiger partial charge is 0.407 e. The SMILES string of the molecule is Cc1c(F)cc(O)cc1-c1c(C2CC2)cc2c(N3CC4CC3CN4C(=O)O)nc(OC3CCOCC3)nc2c1OCc1ccccc1. The second kappa shape index (κ2) is 11.9. The van der Waals surface area contributed by atoms with Crippen molar-refractivity contribution < 1.29 is 33.6 Å². The average Bonchev–Trinajstić information content (AvgIpc) is 3.72. The van der Waals surface area contributed by atoms with Crippen LogP contribution in [0, 0.1) is 12.7 Å². The van der Waals surface area contributed by atoms with Crippen molar-refractivity contribution in [1.82, 2.24) is 14.9 Å². The van der Waals surface area contributed by atoms with Crippen LogP contribution in [0.2, 0.25) is 0 Å². The van der Waals surface area contributed by atoms with Crippen molar-refractivity contribution in [3.8, 4) is 28.6 Å². The molecule has 1 amide bonds. The largest absolute Gasteiger partial charge is 0.508 e. The molecule has 4 aromatic rings. The first kappa shape index (κ1) is 29.7. The fraction of sp³-hybridized carbons (Fsp3) is 0.417.